The summed E-state index contributed by atoms with van der Waals surface area (Å²) < 4.78 is 5.29. The van der Waals surface area contributed by atoms with Crippen molar-refractivity contribution in [3.05, 3.63) is 36.3 Å². The van der Waals surface area contributed by atoms with E-state index in [1.807, 2.05) is 6.92 Å². The van der Waals surface area contributed by atoms with Crippen LogP contribution in [0.4, 0.5) is 11.8 Å². The van der Waals surface area contributed by atoms with Gasteiger partial charge in [0, 0.05) is 13.2 Å². The zero-order valence-electron chi connectivity index (χ0n) is 17.1. The Hall–Kier alpha value is -2.49. The topological polar surface area (TPSA) is 158 Å². The molecule has 0 bridgehead atoms. The lowest BCUT2D eigenvalue weighted by molar-refractivity contribution is -0.127. The number of aliphatic hydroxyl groups excluding tert-OH is 1. The highest BCUT2D eigenvalue weighted by Crippen LogP contribution is 2.20. The maximum absolute atomic E-state index is 9.23. The number of allylic oxidation sites excluding steroid dienone is 1. The summed E-state index contributed by atoms with van der Waals surface area (Å²) in [5, 5.41) is 36.6. The lowest BCUT2D eigenvalue weighted by atomic mass is 10.0. The molecule has 0 aliphatic carbocycles. The smallest absolute Gasteiger partial charge is 0.224 e. The van der Waals surface area contributed by atoms with Gasteiger partial charge in [0.05, 0.1) is 5.69 Å². The van der Waals surface area contributed by atoms with Crippen LogP contribution in [0.5, 0.6) is 0 Å². The molecule has 0 aromatic carbocycles. The Balaban J connectivity index is 0.00000129. The summed E-state index contributed by atoms with van der Waals surface area (Å²) in [5.41, 5.74) is 6.66. The first kappa shape index (κ1) is 25.5. The van der Waals surface area contributed by atoms with Crippen LogP contribution in [-0.4, -0.2) is 50.1 Å². The summed E-state index contributed by atoms with van der Waals surface area (Å²) in [6, 6.07) is 0. The third kappa shape index (κ3) is 10.6. The Labute approximate surface area is 166 Å². The molecule has 0 aliphatic rings. The molecule has 0 aliphatic heterocycles. The van der Waals surface area contributed by atoms with E-state index in [-0.39, 0.29) is 30.1 Å². The Morgan fingerprint density at radius 2 is 1.96 bits per heavy atom. The Morgan fingerprint density at radius 3 is 2.43 bits per heavy atom. The van der Waals surface area contributed by atoms with E-state index in [4.69, 9.17) is 26.1 Å². The number of nitrogens with zero attached hydrogens (tertiary/aromatic N) is 2. The Morgan fingerprint density at radius 1 is 1.39 bits per heavy atom. The number of anilines is 2. The molecule has 0 saturated carbocycles. The highest BCUT2D eigenvalue weighted by Gasteiger charge is 2.17. The van der Waals surface area contributed by atoms with E-state index < -0.39 is 5.79 Å². The molecule has 9 heteroatoms. The lowest BCUT2D eigenvalue weighted by Crippen LogP contribution is -2.18. The van der Waals surface area contributed by atoms with Crippen molar-refractivity contribution >= 4 is 17.7 Å². The molecule has 0 radical (unpaired) electrons. The van der Waals surface area contributed by atoms with Crippen molar-refractivity contribution < 1.29 is 20.1 Å². The molecule has 1 rings (SSSR count). The van der Waals surface area contributed by atoms with Gasteiger partial charge < -0.3 is 31.1 Å². The van der Waals surface area contributed by atoms with Gasteiger partial charge in [-0.2, -0.15) is 4.98 Å². The minimum atomic E-state index is -1.50. The van der Waals surface area contributed by atoms with E-state index >= 15 is 0 Å². The van der Waals surface area contributed by atoms with Crippen LogP contribution < -0.4 is 11.1 Å². The first-order valence-corrected chi connectivity index (χ1v) is 8.94. The predicted octanol–water partition coefficient (Wildman–Crippen LogP) is 1.94. The number of aliphatic hydroxyl groups is 3. The number of ether oxygens (including phenoxy) is 1. The number of nitrogen functional groups attached to an aromatic ring is 1. The van der Waals surface area contributed by atoms with Crippen molar-refractivity contribution in [1.29, 1.82) is 5.41 Å². The quantitative estimate of drug-likeness (QED) is 0.122. The summed E-state index contributed by atoms with van der Waals surface area (Å²) in [6.07, 6.45) is 3.10. The first-order valence-electron chi connectivity index (χ1n) is 8.94. The summed E-state index contributed by atoms with van der Waals surface area (Å²) >= 11 is 0. The van der Waals surface area contributed by atoms with Crippen LogP contribution >= 0.6 is 0 Å². The normalized spacial score (nSPS) is 11.7. The second-order valence-electron chi connectivity index (χ2n) is 6.66. The van der Waals surface area contributed by atoms with E-state index in [1.165, 1.54) is 19.9 Å². The fourth-order valence-corrected chi connectivity index (χ4v) is 2.04. The molecule has 0 fully saturated rings. The maximum Gasteiger partial charge on any atom is 0.224 e. The highest BCUT2D eigenvalue weighted by molar-refractivity contribution is 5.98. The molecule has 1 aromatic heterocycles. The van der Waals surface area contributed by atoms with Crippen molar-refractivity contribution in [2.45, 2.75) is 46.3 Å². The number of nitrogens with two attached hydrogens (primary N) is 1. The number of aryl methyl sites for hydroxylation is 1. The molecule has 9 nitrogen and oxygen atoms in total. The third-order valence-electron chi connectivity index (χ3n) is 3.48. The maximum atomic E-state index is 9.23. The average molecular weight is 396 g/mol. The van der Waals surface area contributed by atoms with Gasteiger partial charge in [0.1, 0.15) is 17.1 Å². The van der Waals surface area contributed by atoms with Crippen LogP contribution in [-0.2, 0) is 4.74 Å². The second kappa shape index (κ2) is 12.1. The van der Waals surface area contributed by atoms with Crippen molar-refractivity contribution in [3.8, 4) is 0 Å². The van der Waals surface area contributed by atoms with E-state index in [0.29, 0.717) is 23.6 Å². The molecule has 1 atom stereocenters. The van der Waals surface area contributed by atoms with Gasteiger partial charge in [-0.25, -0.2) is 4.98 Å². The lowest BCUT2D eigenvalue weighted by Gasteiger charge is -2.16. The van der Waals surface area contributed by atoms with Crippen molar-refractivity contribution in [2.24, 2.45) is 5.92 Å². The number of aromatic nitrogens is 2. The summed E-state index contributed by atoms with van der Waals surface area (Å²) in [7, 11) is 0. The highest BCUT2D eigenvalue weighted by atomic mass is 16.5. The van der Waals surface area contributed by atoms with Crippen LogP contribution in [0.15, 0.2) is 25.0 Å². The van der Waals surface area contributed by atoms with Gasteiger partial charge in [-0.05, 0) is 39.2 Å². The predicted molar refractivity (Wildman–Crippen MR) is 111 cm³/mol. The van der Waals surface area contributed by atoms with Crippen molar-refractivity contribution in [1.82, 2.24) is 9.97 Å². The van der Waals surface area contributed by atoms with Gasteiger partial charge in [-0.15, -0.1) is 0 Å². The van der Waals surface area contributed by atoms with Gasteiger partial charge >= 0.3 is 0 Å². The van der Waals surface area contributed by atoms with Crippen LogP contribution in [0.1, 0.15) is 44.9 Å². The largest absolute Gasteiger partial charge is 0.439 e. The molecule has 1 aromatic rings. The minimum Gasteiger partial charge on any atom is -0.439 e. The number of hydrogen-bond acceptors (Lipinski definition) is 9. The van der Waals surface area contributed by atoms with Gasteiger partial charge in [-0.1, -0.05) is 26.5 Å². The Kier molecular flexibility index (Phi) is 11.0. The first-order chi connectivity index (χ1) is 12.9. The summed E-state index contributed by atoms with van der Waals surface area (Å²) in [4.78, 5) is 8.23. The average Bonchev–Trinajstić information content (AvgIpc) is 2.56. The summed E-state index contributed by atoms with van der Waals surface area (Å²) in [5.74, 6) is -0.571. The standard InChI is InChI=1S/C16H25N5O2.C3H8O2/c1-5-10(3)23-14(17)13-11(4)20-16(18)21-15(13)19-8-7-12(6-2)9-22;1-3(2,4)5/h5,12,17,22H,1,3,6-9H2,2,4H3,(H3,18,19,20,21);4-5H,1-2H3. The molecule has 0 saturated heterocycles. The molecule has 1 heterocycles. The Bertz CT molecular complexity index is 661. The number of nitrogens with one attached hydrogen (secondary N) is 2. The van der Waals surface area contributed by atoms with Crippen LogP contribution in [0.25, 0.3) is 0 Å². The van der Waals surface area contributed by atoms with E-state index in [9.17, 15) is 5.11 Å². The molecular weight excluding hydrogens is 362 g/mol. The van der Waals surface area contributed by atoms with Crippen LogP contribution in [0.2, 0.25) is 0 Å². The van der Waals surface area contributed by atoms with Crippen molar-refractivity contribution in [2.75, 3.05) is 24.2 Å². The van der Waals surface area contributed by atoms with Gasteiger partial charge in [0.15, 0.2) is 5.79 Å². The van der Waals surface area contributed by atoms with Gasteiger partial charge in [0.25, 0.3) is 0 Å². The third-order valence-corrected chi connectivity index (χ3v) is 3.48. The van der Waals surface area contributed by atoms with E-state index in [0.717, 1.165) is 12.8 Å². The number of hydrogen-bond donors (Lipinski definition) is 6. The minimum absolute atomic E-state index is 0.121. The summed E-state index contributed by atoms with van der Waals surface area (Å²) in [6.45, 7) is 14.3. The molecule has 7 N–H and O–H groups in total. The van der Waals surface area contributed by atoms with Crippen molar-refractivity contribution in [3.63, 3.8) is 0 Å². The molecule has 1 unspecified atom stereocenters. The fraction of sp³-hybridized carbons (Fsp3) is 0.526. The number of rotatable bonds is 9. The molecular formula is C19H33N5O4. The monoisotopic (exact) mass is 395 g/mol. The van der Waals surface area contributed by atoms with Gasteiger partial charge in [0.2, 0.25) is 11.8 Å². The zero-order chi connectivity index (χ0) is 21.9. The van der Waals surface area contributed by atoms with E-state index in [1.54, 1.807) is 6.92 Å². The SMILES string of the molecule is C=CC(=C)OC(=N)c1c(C)nc(N)nc1NCCC(CC)CO.CC(C)(O)O. The van der Waals surface area contributed by atoms with Crippen LogP contribution in [0.3, 0.4) is 0 Å². The van der Waals surface area contributed by atoms with Crippen LogP contribution in [0, 0.1) is 18.3 Å². The molecule has 28 heavy (non-hydrogen) atoms. The molecule has 158 valence electrons. The second-order valence-corrected chi connectivity index (χ2v) is 6.66. The molecule has 0 amide bonds. The molecule has 0 spiro atoms. The van der Waals surface area contributed by atoms with Gasteiger partial charge in [-0.3, -0.25) is 5.41 Å². The zero-order valence-corrected chi connectivity index (χ0v) is 17.1. The fourth-order valence-electron chi connectivity index (χ4n) is 2.04. The van der Waals surface area contributed by atoms with E-state index in [2.05, 4.69) is 28.4 Å².